The number of rotatable bonds is 8. The lowest BCUT2D eigenvalue weighted by Crippen LogP contribution is -2.05. The first kappa shape index (κ1) is 20.5. The van der Waals surface area contributed by atoms with Crippen LogP contribution in [0.25, 0.3) is 11.4 Å². The van der Waals surface area contributed by atoms with Crippen LogP contribution >= 0.6 is 0 Å². The van der Waals surface area contributed by atoms with Crippen molar-refractivity contribution in [1.29, 1.82) is 0 Å². The molecular formula is C18H18F3N3O5. The third-order valence-electron chi connectivity index (χ3n) is 3.88. The van der Waals surface area contributed by atoms with Crippen molar-refractivity contribution in [1.82, 2.24) is 15.3 Å². The van der Waals surface area contributed by atoms with E-state index in [4.69, 9.17) is 18.7 Å². The maximum absolute atomic E-state index is 12.7. The minimum absolute atomic E-state index is 0.224. The Kier molecular flexibility index (Phi) is 5.95. The van der Waals surface area contributed by atoms with Gasteiger partial charge in [0.25, 0.3) is 0 Å². The number of benzene rings is 1. The maximum Gasteiger partial charge on any atom is 0.471 e. The molecule has 3 rings (SSSR count). The zero-order chi connectivity index (χ0) is 21.0. The highest BCUT2D eigenvalue weighted by atomic mass is 19.4. The fourth-order valence-corrected chi connectivity index (χ4v) is 2.56. The van der Waals surface area contributed by atoms with Crippen LogP contribution in [0.4, 0.5) is 13.2 Å². The minimum Gasteiger partial charge on any atom is -0.493 e. The Morgan fingerprint density at radius 2 is 1.69 bits per heavy atom. The van der Waals surface area contributed by atoms with Crippen LogP contribution in [-0.2, 0) is 12.6 Å². The summed E-state index contributed by atoms with van der Waals surface area (Å²) < 4.78 is 63.9. The van der Waals surface area contributed by atoms with Gasteiger partial charge < -0.3 is 23.3 Å². The molecule has 2 aromatic heterocycles. The Morgan fingerprint density at radius 3 is 2.21 bits per heavy atom. The zero-order valence-corrected chi connectivity index (χ0v) is 15.9. The molecule has 0 amide bonds. The number of hydrogen-bond acceptors (Lipinski definition) is 8. The fourth-order valence-electron chi connectivity index (χ4n) is 2.56. The smallest absolute Gasteiger partial charge is 0.471 e. The lowest BCUT2D eigenvalue weighted by molar-refractivity contribution is -0.159. The predicted molar refractivity (Wildman–Crippen MR) is 92.9 cm³/mol. The SMILES string of the molecule is COc1cc(-c2noc(C(F)(F)F)n2)cc(OC)c1OCCCc1cc(C)no1. The Labute approximate surface area is 163 Å². The van der Waals surface area contributed by atoms with E-state index < -0.39 is 12.1 Å². The molecule has 1 aromatic carbocycles. The van der Waals surface area contributed by atoms with Gasteiger partial charge in [-0.2, -0.15) is 18.2 Å². The molecule has 29 heavy (non-hydrogen) atoms. The first-order valence-electron chi connectivity index (χ1n) is 8.54. The highest BCUT2D eigenvalue weighted by Gasteiger charge is 2.38. The lowest BCUT2D eigenvalue weighted by atomic mass is 10.1. The molecule has 3 aromatic rings. The maximum atomic E-state index is 12.7. The van der Waals surface area contributed by atoms with Crippen LogP contribution in [0, 0.1) is 6.92 Å². The molecule has 0 radical (unpaired) electrons. The normalized spacial score (nSPS) is 11.5. The molecule has 0 aliphatic carbocycles. The van der Waals surface area contributed by atoms with Crippen molar-refractivity contribution < 1.29 is 36.4 Å². The molecule has 0 aliphatic heterocycles. The van der Waals surface area contributed by atoms with E-state index in [0.29, 0.717) is 25.2 Å². The number of halogens is 3. The summed E-state index contributed by atoms with van der Waals surface area (Å²) in [6.45, 7) is 2.16. The topological polar surface area (TPSA) is 92.6 Å². The average molecular weight is 413 g/mol. The van der Waals surface area contributed by atoms with Crippen molar-refractivity contribution >= 4 is 0 Å². The van der Waals surface area contributed by atoms with E-state index in [-0.39, 0.29) is 22.9 Å². The third kappa shape index (κ3) is 4.79. The number of nitrogens with zero attached hydrogens (tertiary/aromatic N) is 3. The van der Waals surface area contributed by atoms with Crippen LogP contribution in [0.3, 0.4) is 0 Å². The van der Waals surface area contributed by atoms with E-state index in [9.17, 15) is 13.2 Å². The molecule has 8 nitrogen and oxygen atoms in total. The fraction of sp³-hybridized carbons (Fsp3) is 0.389. The van der Waals surface area contributed by atoms with E-state index in [1.807, 2.05) is 13.0 Å². The number of hydrogen-bond donors (Lipinski definition) is 0. The van der Waals surface area contributed by atoms with E-state index in [2.05, 4.69) is 19.8 Å². The van der Waals surface area contributed by atoms with Crippen molar-refractivity contribution in [2.75, 3.05) is 20.8 Å². The van der Waals surface area contributed by atoms with Gasteiger partial charge >= 0.3 is 12.1 Å². The monoisotopic (exact) mass is 413 g/mol. The van der Waals surface area contributed by atoms with Gasteiger partial charge in [0.2, 0.25) is 11.6 Å². The van der Waals surface area contributed by atoms with Gasteiger partial charge in [-0.05, 0) is 25.5 Å². The Bertz CT molecular complexity index is 943. The predicted octanol–water partition coefficient (Wildman–Crippen LogP) is 4.08. The van der Waals surface area contributed by atoms with Crippen molar-refractivity contribution in [2.45, 2.75) is 25.9 Å². The van der Waals surface area contributed by atoms with Gasteiger partial charge in [0, 0.05) is 18.1 Å². The summed E-state index contributed by atoms with van der Waals surface area (Å²) in [5.74, 6) is -0.110. The van der Waals surface area contributed by atoms with Gasteiger partial charge in [0.1, 0.15) is 5.76 Å². The molecule has 0 unspecified atom stereocenters. The number of alkyl halides is 3. The van der Waals surface area contributed by atoms with Crippen molar-refractivity contribution in [3.05, 3.63) is 35.5 Å². The largest absolute Gasteiger partial charge is 0.493 e. The summed E-state index contributed by atoms with van der Waals surface area (Å²) in [6, 6.07) is 4.74. The highest BCUT2D eigenvalue weighted by molar-refractivity contribution is 5.66. The molecule has 2 heterocycles. The molecule has 0 spiro atoms. The van der Waals surface area contributed by atoms with Crippen LogP contribution in [0.5, 0.6) is 17.2 Å². The van der Waals surface area contributed by atoms with Crippen LogP contribution < -0.4 is 14.2 Å². The molecule has 0 fully saturated rings. The molecule has 0 bridgehead atoms. The number of aromatic nitrogens is 3. The molecular weight excluding hydrogens is 395 g/mol. The zero-order valence-electron chi connectivity index (χ0n) is 15.9. The van der Waals surface area contributed by atoms with E-state index in [1.165, 1.54) is 26.4 Å². The second-order valence-corrected chi connectivity index (χ2v) is 6.02. The highest BCUT2D eigenvalue weighted by Crippen LogP contribution is 2.41. The van der Waals surface area contributed by atoms with E-state index >= 15 is 0 Å². The number of aryl methyl sites for hydroxylation is 2. The molecule has 11 heteroatoms. The van der Waals surface area contributed by atoms with Gasteiger partial charge in [-0.3, -0.25) is 0 Å². The third-order valence-corrected chi connectivity index (χ3v) is 3.88. The van der Waals surface area contributed by atoms with Gasteiger partial charge in [0.15, 0.2) is 11.5 Å². The second-order valence-electron chi connectivity index (χ2n) is 6.02. The second kappa shape index (κ2) is 8.41. The van der Waals surface area contributed by atoms with Crippen LogP contribution in [0.15, 0.2) is 27.2 Å². The van der Waals surface area contributed by atoms with Gasteiger partial charge in [-0.25, -0.2) is 0 Å². The summed E-state index contributed by atoms with van der Waals surface area (Å²) in [6.07, 6.45) is -3.46. The van der Waals surface area contributed by atoms with Gasteiger partial charge in [0.05, 0.1) is 26.5 Å². The van der Waals surface area contributed by atoms with Crippen LogP contribution in [0.1, 0.15) is 23.8 Å². The minimum atomic E-state index is -4.73. The standard InChI is InChI=1S/C18H18F3N3O5/c1-10-7-12(28-23-10)5-4-6-27-15-13(25-2)8-11(9-14(15)26-3)16-22-17(29-24-16)18(19,20)21/h7-9H,4-6H2,1-3H3. The molecule has 0 saturated carbocycles. The average Bonchev–Trinajstić information content (AvgIpc) is 3.34. The van der Waals surface area contributed by atoms with Gasteiger partial charge in [-0.15, -0.1) is 0 Å². The van der Waals surface area contributed by atoms with Crippen molar-refractivity contribution in [2.24, 2.45) is 0 Å². The first-order chi connectivity index (χ1) is 13.8. The molecule has 156 valence electrons. The number of methoxy groups -OCH3 is 2. The summed E-state index contributed by atoms with van der Waals surface area (Å²) in [4.78, 5) is 3.37. The molecule has 0 atom stereocenters. The van der Waals surface area contributed by atoms with E-state index in [0.717, 1.165) is 11.5 Å². The van der Waals surface area contributed by atoms with Crippen molar-refractivity contribution in [3.8, 4) is 28.6 Å². The first-order valence-corrected chi connectivity index (χ1v) is 8.54. The summed E-state index contributed by atoms with van der Waals surface area (Å²) in [7, 11) is 2.81. The van der Waals surface area contributed by atoms with Crippen LogP contribution in [0.2, 0.25) is 0 Å². The molecule has 0 aliphatic rings. The van der Waals surface area contributed by atoms with Crippen LogP contribution in [-0.4, -0.2) is 36.1 Å². The quantitative estimate of drug-likeness (QED) is 0.510. The van der Waals surface area contributed by atoms with Gasteiger partial charge in [-0.1, -0.05) is 10.3 Å². The Balaban J connectivity index is 1.76. The Hall–Kier alpha value is -3.24. The summed E-state index contributed by atoms with van der Waals surface area (Å²) >= 11 is 0. The lowest BCUT2D eigenvalue weighted by Gasteiger charge is -2.15. The Morgan fingerprint density at radius 1 is 1.00 bits per heavy atom. The van der Waals surface area contributed by atoms with E-state index in [1.54, 1.807) is 0 Å². The summed E-state index contributed by atoms with van der Waals surface area (Å²) in [5.41, 5.74) is 1.03. The molecule has 0 N–H and O–H groups in total. The number of ether oxygens (including phenoxy) is 3. The molecule has 0 saturated heterocycles. The van der Waals surface area contributed by atoms with Crippen molar-refractivity contribution in [3.63, 3.8) is 0 Å². The summed E-state index contributed by atoms with van der Waals surface area (Å²) in [5, 5.41) is 7.19.